The second-order valence-corrected chi connectivity index (χ2v) is 20.2. The van der Waals surface area contributed by atoms with Gasteiger partial charge in [0.1, 0.15) is 13.2 Å². The minimum Gasteiger partial charge on any atom is -0.462 e. The lowest BCUT2D eigenvalue weighted by Crippen LogP contribution is -2.30. The average Bonchev–Trinajstić information content (AvgIpc) is 3.24. The molecule has 0 spiro atoms. The molecule has 0 amide bonds. The Morgan fingerprint density at radius 2 is 0.532 bits per heavy atom. The number of esters is 3. The van der Waals surface area contributed by atoms with Crippen molar-refractivity contribution >= 4 is 17.9 Å². The van der Waals surface area contributed by atoms with Crippen LogP contribution in [0.3, 0.4) is 0 Å². The van der Waals surface area contributed by atoms with Crippen LogP contribution < -0.4 is 0 Å². The fourth-order valence-electron chi connectivity index (χ4n) is 8.52. The van der Waals surface area contributed by atoms with E-state index in [1.807, 2.05) is 0 Å². The van der Waals surface area contributed by atoms with Crippen LogP contribution in [0.5, 0.6) is 0 Å². The molecule has 6 nitrogen and oxygen atoms in total. The van der Waals surface area contributed by atoms with Gasteiger partial charge in [-0.15, -0.1) is 0 Å². The van der Waals surface area contributed by atoms with Crippen LogP contribution >= 0.6 is 0 Å². The first-order chi connectivity index (χ1) is 30.2. The van der Waals surface area contributed by atoms with Gasteiger partial charge in [0, 0.05) is 19.3 Å². The smallest absolute Gasteiger partial charge is 0.306 e. The first-order valence-corrected chi connectivity index (χ1v) is 27.7. The lowest BCUT2D eigenvalue weighted by molar-refractivity contribution is -0.167. The summed E-state index contributed by atoms with van der Waals surface area (Å²) in [5.41, 5.74) is 0. The first-order valence-electron chi connectivity index (χ1n) is 27.7. The number of rotatable bonds is 50. The van der Waals surface area contributed by atoms with Gasteiger partial charge in [-0.25, -0.2) is 0 Å². The number of hydrogen-bond donors (Lipinski definition) is 0. The predicted molar refractivity (Wildman–Crippen MR) is 266 cm³/mol. The molecule has 0 N–H and O–H groups in total. The third-order valence-corrected chi connectivity index (χ3v) is 12.7. The lowest BCUT2D eigenvalue weighted by Gasteiger charge is -2.18. The van der Waals surface area contributed by atoms with Gasteiger partial charge in [0.15, 0.2) is 6.10 Å². The zero-order chi connectivity index (χ0) is 45.4. The van der Waals surface area contributed by atoms with Crippen molar-refractivity contribution in [3.63, 3.8) is 0 Å². The Labute approximate surface area is 387 Å². The minimum atomic E-state index is -0.762. The van der Waals surface area contributed by atoms with Crippen molar-refractivity contribution in [1.82, 2.24) is 0 Å². The molecule has 0 fully saturated rings. The molecule has 62 heavy (non-hydrogen) atoms. The Hall–Kier alpha value is -1.59. The predicted octanol–water partition coefficient (Wildman–Crippen LogP) is 18.1. The van der Waals surface area contributed by atoms with Gasteiger partial charge in [-0.2, -0.15) is 0 Å². The average molecular weight is 877 g/mol. The topological polar surface area (TPSA) is 78.9 Å². The van der Waals surface area contributed by atoms with E-state index in [1.165, 1.54) is 199 Å². The van der Waals surface area contributed by atoms with Crippen molar-refractivity contribution in [3.8, 4) is 0 Å². The molecule has 6 heteroatoms. The molecule has 0 bridgehead atoms. The minimum absolute atomic E-state index is 0.0639. The van der Waals surface area contributed by atoms with Crippen LogP contribution in [0.1, 0.15) is 311 Å². The van der Waals surface area contributed by atoms with Gasteiger partial charge < -0.3 is 14.2 Å². The fourth-order valence-corrected chi connectivity index (χ4v) is 8.52. The third-order valence-electron chi connectivity index (χ3n) is 12.7. The van der Waals surface area contributed by atoms with E-state index in [4.69, 9.17) is 14.2 Å². The Bertz CT molecular complexity index is 947. The second kappa shape index (κ2) is 48.9. The summed E-state index contributed by atoms with van der Waals surface area (Å²) >= 11 is 0. The molecule has 0 unspecified atom stereocenters. The summed E-state index contributed by atoms with van der Waals surface area (Å²) in [5.74, 6) is 0.776. The molecule has 0 aliphatic rings. The number of hydrogen-bond acceptors (Lipinski definition) is 6. The van der Waals surface area contributed by atoms with Gasteiger partial charge in [0.2, 0.25) is 0 Å². The molecule has 0 aromatic heterocycles. The normalized spacial score (nSPS) is 12.0. The quantitative estimate of drug-likeness (QED) is 0.0344. The summed E-state index contributed by atoms with van der Waals surface area (Å²) in [5, 5.41) is 0. The Morgan fingerprint density at radius 1 is 0.306 bits per heavy atom. The van der Waals surface area contributed by atoms with Crippen LogP contribution in [0, 0.1) is 11.8 Å². The molecule has 1 atom stereocenters. The molecule has 0 heterocycles. The number of carbonyl (C=O) groups is 3. The number of ether oxygens (including phenoxy) is 3. The van der Waals surface area contributed by atoms with E-state index in [-0.39, 0.29) is 31.1 Å². The lowest BCUT2D eigenvalue weighted by atomic mass is 10.0. The summed E-state index contributed by atoms with van der Waals surface area (Å²) in [7, 11) is 0. The van der Waals surface area contributed by atoms with Crippen LogP contribution in [-0.2, 0) is 28.6 Å². The third kappa shape index (κ3) is 49.4. The molecule has 0 aliphatic heterocycles. The molecule has 0 aliphatic carbocycles. The van der Waals surface area contributed by atoms with Gasteiger partial charge in [-0.3, -0.25) is 14.4 Å². The molecule has 0 aromatic rings. The Morgan fingerprint density at radius 3 is 0.790 bits per heavy atom. The highest BCUT2D eigenvalue weighted by atomic mass is 16.6. The van der Waals surface area contributed by atoms with Crippen molar-refractivity contribution in [3.05, 3.63) is 0 Å². The molecular weight excluding hydrogens is 769 g/mol. The summed E-state index contributed by atoms with van der Waals surface area (Å²) in [6.45, 7) is 11.4. The van der Waals surface area contributed by atoms with Crippen molar-refractivity contribution in [2.45, 2.75) is 317 Å². The van der Waals surface area contributed by atoms with Crippen molar-refractivity contribution < 1.29 is 28.6 Å². The zero-order valence-electron chi connectivity index (χ0n) is 42.5. The van der Waals surface area contributed by atoms with Gasteiger partial charge >= 0.3 is 17.9 Å². The van der Waals surface area contributed by atoms with Gasteiger partial charge in [-0.05, 0) is 31.1 Å². The van der Waals surface area contributed by atoms with E-state index in [0.29, 0.717) is 19.3 Å². The highest BCUT2D eigenvalue weighted by Crippen LogP contribution is 2.18. The van der Waals surface area contributed by atoms with E-state index in [1.54, 1.807) is 0 Å². The molecule has 0 saturated heterocycles. The van der Waals surface area contributed by atoms with E-state index >= 15 is 0 Å². The summed E-state index contributed by atoms with van der Waals surface area (Å²) in [6.07, 6.45) is 51.0. The van der Waals surface area contributed by atoms with Gasteiger partial charge in [-0.1, -0.05) is 272 Å². The van der Waals surface area contributed by atoms with Crippen LogP contribution in [0.25, 0.3) is 0 Å². The maximum atomic E-state index is 12.8. The van der Waals surface area contributed by atoms with Crippen LogP contribution in [0.4, 0.5) is 0 Å². The summed E-state index contributed by atoms with van der Waals surface area (Å²) < 4.78 is 16.8. The standard InChI is InChI=1S/C56H108O6/c1-6-7-8-9-10-11-12-13-14-15-16-20-23-26-31-36-41-46-54(57)60-49-53(62-56(59)48-43-38-33-28-30-35-40-45-52(4)5)50-61-55(58)47-42-37-32-27-24-21-18-17-19-22-25-29-34-39-44-51(2)3/h51-53H,6-50H2,1-5H3/t53-/m0/s1. The fraction of sp³-hybridized carbons (Fsp3) is 0.946. The van der Waals surface area contributed by atoms with E-state index in [2.05, 4.69) is 34.6 Å². The largest absolute Gasteiger partial charge is 0.462 e. The Kier molecular flexibility index (Phi) is 47.6. The number of carbonyl (C=O) groups excluding carboxylic acids is 3. The maximum absolute atomic E-state index is 12.8. The molecule has 0 aromatic carbocycles. The van der Waals surface area contributed by atoms with E-state index in [9.17, 15) is 14.4 Å². The molecule has 0 radical (unpaired) electrons. The van der Waals surface area contributed by atoms with E-state index < -0.39 is 6.10 Å². The van der Waals surface area contributed by atoms with Crippen LogP contribution in [0.2, 0.25) is 0 Å². The maximum Gasteiger partial charge on any atom is 0.306 e. The first kappa shape index (κ1) is 60.4. The van der Waals surface area contributed by atoms with Crippen LogP contribution in [-0.4, -0.2) is 37.2 Å². The van der Waals surface area contributed by atoms with Gasteiger partial charge in [0.05, 0.1) is 0 Å². The molecule has 0 saturated carbocycles. The Balaban J connectivity index is 4.23. The molecule has 368 valence electrons. The second-order valence-electron chi connectivity index (χ2n) is 20.2. The summed E-state index contributed by atoms with van der Waals surface area (Å²) in [6, 6.07) is 0. The summed E-state index contributed by atoms with van der Waals surface area (Å²) in [4.78, 5) is 38.0. The highest BCUT2D eigenvalue weighted by Gasteiger charge is 2.19. The van der Waals surface area contributed by atoms with Crippen molar-refractivity contribution in [2.75, 3.05) is 13.2 Å². The van der Waals surface area contributed by atoms with E-state index in [0.717, 1.165) is 69.6 Å². The highest BCUT2D eigenvalue weighted by molar-refractivity contribution is 5.71. The monoisotopic (exact) mass is 877 g/mol. The van der Waals surface area contributed by atoms with Crippen LogP contribution in [0.15, 0.2) is 0 Å². The van der Waals surface area contributed by atoms with Crippen molar-refractivity contribution in [2.24, 2.45) is 11.8 Å². The SMILES string of the molecule is CCCCCCCCCCCCCCCCCCCC(=O)OC[C@@H](COC(=O)CCCCCCCCCCCCCCCCC(C)C)OC(=O)CCCCCCCCCC(C)C. The zero-order valence-corrected chi connectivity index (χ0v) is 42.5. The molecule has 0 rings (SSSR count). The van der Waals surface area contributed by atoms with Gasteiger partial charge in [0.25, 0.3) is 0 Å². The van der Waals surface area contributed by atoms with Crippen molar-refractivity contribution in [1.29, 1.82) is 0 Å². The molecular formula is C56H108O6. The number of unbranched alkanes of at least 4 members (excludes halogenated alkanes) is 35.